The Morgan fingerprint density at radius 3 is 2.62 bits per heavy atom. The molecule has 1 heterocycles. The second-order valence-electron chi connectivity index (χ2n) is 5.34. The smallest absolute Gasteiger partial charge is 0.246 e. The van der Waals surface area contributed by atoms with Gasteiger partial charge in [0.25, 0.3) is 0 Å². The molecule has 1 atom stereocenters. The van der Waals surface area contributed by atoms with Crippen LogP contribution in [0.3, 0.4) is 0 Å². The Labute approximate surface area is 137 Å². The van der Waals surface area contributed by atoms with Crippen molar-refractivity contribution in [3.05, 3.63) is 48.0 Å². The fourth-order valence-corrected chi connectivity index (χ4v) is 2.28. The van der Waals surface area contributed by atoms with Gasteiger partial charge in [-0.05, 0) is 31.2 Å². The molecule has 0 fully saturated rings. The minimum absolute atomic E-state index is 0.198. The fourth-order valence-electron chi connectivity index (χ4n) is 2.28. The third-order valence-electron chi connectivity index (χ3n) is 3.50. The van der Waals surface area contributed by atoms with Crippen LogP contribution < -0.4 is 20.1 Å². The molecule has 0 saturated heterocycles. The van der Waals surface area contributed by atoms with Crippen molar-refractivity contribution in [2.24, 2.45) is 0 Å². The van der Waals surface area contributed by atoms with E-state index in [0.717, 1.165) is 18.2 Å². The number of ether oxygens (including phenoxy) is 2. The van der Waals surface area contributed by atoms with Crippen molar-refractivity contribution >= 4 is 17.3 Å². The zero-order chi connectivity index (χ0) is 17.1. The van der Waals surface area contributed by atoms with Crippen LogP contribution in [0.15, 0.2) is 36.4 Å². The summed E-state index contributed by atoms with van der Waals surface area (Å²) in [5.74, 6) is -0.578. The highest BCUT2D eigenvalue weighted by atomic mass is 19.1. The van der Waals surface area contributed by atoms with E-state index in [1.54, 1.807) is 25.1 Å². The lowest BCUT2D eigenvalue weighted by molar-refractivity contribution is -0.116. The number of nitrogens with one attached hydrogen (secondary N) is 2. The van der Waals surface area contributed by atoms with Crippen molar-refractivity contribution in [3.8, 4) is 11.5 Å². The molecule has 3 rings (SSSR count). The van der Waals surface area contributed by atoms with E-state index >= 15 is 0 Å². The normalized spacial score (nSPS) is 14.0. The molecule has 0 radical (unpaired) electrons. The SMILES string of the molecule is CC(Nc1ccc2c(c1)OCCO2)C(=O)Nc1cc(F)ccc1F. The molecular weight excluding hydrogens is 318 g/mol. The highest BCUT2D eigenvalue weighted by Crippen LogP contribution is 2.32. The summed E-state index contributed by atoms with van der Waals surface area (Å²) in [6.07, 6.45) is 0. The number of hydrogen-bond acceptors (Lipinski definition) is 4. The summed E-state index contributed by atoms with van der Waals surface area (Å²) in [7, 11) is 0. The first kappa shape index (κ1) is 16.0. The quantitative estimate of drug-likeness (QED) is 0.902. The van der Waals surface area contributed by atoms with Crippen LogP contribution in [0.25, 0.3) is 0 Å². The Balaban J connectivity index is 1.67. The monoisotopic (exact) mass is 334 g/mol. The first-order chi connectivity index (χ1) is 11.5. The molecule has 24 heavy (non-hydrogen) atoms. The largest absolute Gasteiger partial charge is 0.486 e. The summed E-state index contributed by atoms with van der Waals surface area (Å²) < 4.78 is 37.6. The predicted molar refractivity (Wildman–Crippen MR) is 85.5 cm³/mol. The molecule has 0 bridgehead atoms. The van der Waals surface area contributed by atoms with Crippen molar-refractivity contribution < 1.29 is 23.0 Å². The Morgan fingerprint density at radius 2 is 1.83 bits per heavy atom. The van der Waals surface area contributed by atoms with Gasteiger partial charge in [0.05, 0.1) is 5.69 Å². The Hall–Kier alpha value is -2.83. The lowest BCUT2D eigenvalue weighted by Gasteiger charge is -2.20. The maximum absolute atomic E-state index is 13.6. The van der Waals surface area contributed by atoms with Crippen LogP contribution in [0, 0.1) is 11.6 Å². The molecule has 2 aromatic carbocycles. The second-order valence-corrected chi connectivity index (χ2v) is 5.34. The average Bonchev–Trinajstić information content (AvgIpc) is 2.58. The van der Waals surface area contributed by atoms with Gasteiger partial charge < -0.3 is 20.1 Å². The summed E-state index contributed by atoms with van der Waals surface area (Å²) in [6, 6.07) is 7.43. The van der Waals surface area contributed by atoms with E-state index in [1.165, 1.54) is 0 Å². The van der Waals surface area contributed by atoms with Gasteiger partial charge in [0.1, 0.15) is 30.9 Å². The molecule has 5 nitrogen and oxygen atoms in total. The number of amides is 1. The van der Waals surface area contributed by atoms with Gasteiger partial charge in [0, 0.05) is 17.8 Å². The van der Waals surface area contributed by atoms with E-state index in [-0.39, 0.29) is 5.69 Å². The number of benzene rings is 2. The molecule has 126 valence electrons. The van der Waals surface area contributed by atoms with Gasteiger partial charge in [-0.1, -0.05) is 0 Å². The van der Waals surface area contributed by atoms with Gasteiger partial charge in [-0.25, -0.2) is 8.78 Å². The number of anilines is 2. The van der Waals surface area contributed by atoms with E-state index in [1.807, 2.05) is 0 Å². The summed E-state index contributed by atoms with van der Waals surface area (Å²) in [5, 5.41) is 5.34. The van der Waals surface area contributed by atoms with Crippen LogP contribution in [0.2, 0.25) is 0 Å². The minimum atomic E-state index is -0.698. The molecule has 1 amide bonds. The van der Waals surface area contributed by atoms with E-state index in [9.17, 15) is 13.6 Å². The van der Waals surface area contributed by atoms with E-state index < -0.39 is 23.6 Å². The number of halogens is 2. The summed E-state index contributed by atoms with van der Waals surface area (Å²) in [6.45, 7) is 2.58. The third-order valence-corrected chi connectivity index (χ3v) is 3.50. The lowest BCUT2D eigenvalue weighted by atomic mass is 10.2. The van der Waals surface area contributed by atoms with Gasteiger partial charge in [-0.15, -0.1) is 0 Å². The standard InChI is InChI=1S/C17H16F2N2O3/c1-10(17(22)21-14-8-11(18)2-4-13(14)19)20-12-3-5-15-16(9-12)24-7-6-23-15/h2-5,8-10,20H,6-7H2,1H3,(H,21,22). The van der Waals surface area contributed by atoms with Crippen LogP contribution in [0.4, 0.5) is 20.2 Å². The zero-order valence-electron chi connectivity index (χ0n) is 12.9. The maximum Gasteiger partial charge on any atom is 0.246 e. The topological polar surface area (TPSA) is 59.6 Å². The molecule has 7 heteroatoms. The van der Waals surface area contributed by atoms with Crippen molar-refractivity contribution in [3.63, 3.8) is 0 Å². The van der Waals surface area contributed by atoms with Crippen molar-refractivity contribution in [2.45, 2.75) is 13.0 Å². The number of hydrogen-bond donors (Lipinski definition) is 2. The Morgan fingerprint density at radius 1 is 1.08 bits per heavy atom. The number of rotatable bonds is 4. The molecule has 0 saturated carbocycles. The maximum atomic E-state index is 13.6. The first-order valence-corrected chi connectivity index (χ1v) is 7.45. The molecule has 0 aliphatic carbocycles. The van der Waals surface area contributed by atoms with Crippen LogP contribution in [0.1, 0.15) is 6.92 Å². The molecule has 1 unspecified atom stereocenters. The molecule has 1 aliphatic heterocycles. The Bertz CT molecular complexity index is 767. The predicted octanol–water partition coefficient (Wildman–Crippen LogP) is 3.18. The van der Waals surface area contributed by atoms with Crippen molar-refractivity contribution in [2.75, 3.05) is 23.8 Å². The molecule has 2 N–H and O–H groups in total. The van der Waals surface area contributed by atoms with Gasteiger partial charge in [0.2, 0.25) is 5.91 Å². The third kappa shape index (κ3) is 3.56. The summed E-state index contributed by atoms with van der Waals surface area (Å²) >= 11 is 0. The molecular formula is C17H16F2N2O3. The highest BCUT2D eigenvalue weighted by Gasteiger charge is 2.17. The fraction of sp³-hybridized carbons (Fsp3) is 0.235. The van der Waals surface area contributed by atoms with Crippen LogP contribution in [-0.2, 0) is 4.79 Å². The second kappa shape index (κ2) is 6.74. The lowest BCUT2D eigenvalue weighted by Crippen LogP contribution is -2.32. The average molecular weight is 334 g/mol. The molecule has 0 aromatic heterocycles. The minimum Gasteiger partial charge on any atom is -0.486 e. The van der Waals surface area contributed by atoms with Crippen LogP contribution in [0.5, 0.6) is 11.5 Å². The van der Waals surface area contributed by atoms with Crippen molar-refractivity contribution in [1.82, 2.24) is 0 Å². The number of carbonyl (C=O) groups is 1. The van der Waals surface area contributed by atoms with Gasteiger partial charge >= 0.3 is 0 Å². The van der Waals surface area contributed by atoms with Crippen LogP contribution >= 0.6 is 0 Å². The van der Waals surface area contributed by atoms with Crippen molar-refractivity contribution in [1.29, 1.82) is 0 Å². The van der Waals surface area contributed by atoms with Gasteiger partial charge in [0.15, 0.2) is 11.5 Å². The molecule has 2 aromatic rings. The number of carbonyl (C=O) groups excluding carboxylic acids is 1. The molecule has 0 spiro atoms. The van der Waals surface area contributed by atoms with Gasteiger partial charge in [-0.3, -0.25) is 4.79 Å². The first-order valence-electron chi connectivity index (χ1n) is 7.45. The number of fused-ring (bicyclic) bond motifs is 1. The van der Waals surface area contributed by atoms with E-state index in [0.29, 0.717) is 30.4 Å². The van der Waals surface area contributed by atoms with E-state index in [4.69, 9.17) is 9.47 Å². The summed E-state index contributed by atoms with van der Waals surface area (Å²) in [4.78, 5) is 12.2. The summed E-state index contributed by atoms with van der Waals surface area (Å²) in [5.41, 5.74) is 0.456. The van der Waals surface area contributed by atoms with Gasteiger partial charge in [-0.2, -0.15) is 0 Å². The zero-order valence-corrected chi connectivity index (χ0v) is 12.9. The van der Waals surface area contributed by atoms with E-state index in [2.05, 4.69) is 10.6 Å². The Kier molecular flexibility index (Phi) is 4.50. The highest BCUT2D eigenvalue weighted by molar-refractivity contribution is 5.96. The van der Waals surface area contributed by atoms with Crippen LogP contribution in [-0.4, -0.2) is 25.2 Å². The molecule has 1 aliphatic rings.